The Morgan fingerprint density at radius 2 is 1.63 bits per heavy atom. The standard InChI is InChI=1S/C28H36N4O4S2/c1-35-25-10-8-24(9-11-25)29-28-32(17-5-14-30-18-20-36-21-19-30)27(22-37-28)23-6-12-26(13-7-23)38(33,34)31-15-3-2-4-16-31/h6-13,22H,2-5,14-21H2,1H3. The van der Waals surface area contributed by atoms with Crippen molar-refractivity contribution in [2.24, 2.45) is 4.99 Å². The second-order valence-corrected chi connectivity index (χ2v) is 12.4. The first-order valence-electron chi connectivity index (χ1n) is 13.3. The van der Waals surface area contributed by atoms with Gasteiger partial charge in [-0.15, -0.1) is 11.3 Å². The van der Waals surface area contributed by atoms with E-state index in [1.54, 1.807) is 34.9 Å². The molecular weight excluding hydrogens is 520 g/mol. The maximum atomic E-state index is 13.1. The average Bonchev–Trinajstić information content (AvgIpc) is 3.36. The number of piperidine rings is 1. The molecule has 0 radical (unpaired) electrons. The molecule has 2 fully saturated rings. The lowest BCUT2D eigenvalue weighted by Gasteiger charge is -2.26. The van der Waals surface area contributed by atoms with E-state index in [2.05, 4.69) is 14.8 Å². The van der Waals surface area contributed by atoms with Crippen LogP contribution in [0, 0.1) is 0 Å². The van der Waals surface area contributed by atoms with Crippen LogP contribution in [0.3, 0.4) is 0 Å². The molecule has 8 nitrogen and oxygen atoms in total. The van der Waals surface area contributed by atoms with Crippen LogP contribution in [0.25, 0.3) is 11.3 Å². The van der Waals surface area contributed by atoms with Crippen LogP contribution in [-0.4, -0.2) is 75.2 Å². The highest BCUT2D eigenvalue weighted by molar-refractivity contribution is 7.89. The second kappa shape index (κ2) is 12.6. The Hall–Kier alpha value is -2.50. The lowest BCUT2D eigenvalue weighted by molar-refractivity contribution is 0.0369. The Morgan fingerprint density at radius 1 is 0.921 bits per heavy atom. The van der Waals surface area contributed by atoms with E-state index in [-0.39, 0.29) is 0 Å². The number of hydrogen-bond acceptors (Lipinski definition) is 7. The molecular formula is C28H36N4O4S2. The van der Waals surface area contributed by atoms with Crippen molar-refractivity contribution in [2.75, 3.05) is 53.0 Å². The summed E-state index contributed by atoms with van der Waals surface area (Å²) in [5.41, 5.74) is 2.90. The second-order valence-electron chi connectivity index (χ2n) is 9.66. The van der Waals surface area contributed by atoms with Crippen molar-refractivity contribution in [3.05, 3.63) is 58.7 Å². The van der Waals surface area contributed by atoms with Crippen molar-refractivity contribution in [1.29, 1.82) is 0 Å². The number of thiazole rings is 1. The summed E-state index contributed by atoms with van der Waals surface area (Å²) in [4.78, 5) is 8.65. The van der Waals surface area contributed by atoms with Gasteiger partial charge in [0.05, 0.1) is 36.6 Å². The summed E-state index contributed by atoms with van der Waals surface area (Å²) in [5.74, 6) is 0.800. The molecule has 0 aliphatic carbocycles. The molecule has 0 atom stereocenters. The number of methoxy groups -OCH3 is 1. The van der Waals surface area contributed by atoms with Crippen molar-refractivity contribution in [2.45, 2.75) is 37.1 Å². The molecule has 0 amide bonds. The first-order valence-corrected chi connectivity index (χ1v) is 15.6. The largest absolute Gasteiger partial charge is 0.497 e. The minimum absolute atomic E-state index is 0.361. The van der Waals surface area contributed by atoms with Gasteiger partial charge in [-0.05, 0) is 61.2 Å². The Morgan fingerprint density at radius 3 is 2.32 bits per heavy atom. The van der Waals surface area contributed by atoms with Gasteiger partial charge < -0.3 is 14.0 Å². The molecule has 0 spiro atoms. The maximum Gasteiger partial charge on any atom is 0.243 e. The zero-order chi connectivity index (χ0) is 26.4. The molecule has 204 valence electrons. The summed E-state index contributed by atoms with van der Waals surface area (Å²) in [5, 5.41) is 2.12. The van der Waals surface area contributed by atoms with E-state index in [1.165, 1.54) is 0 Å². The summed E-state index contributed by atoms with van der Waals surface area (Å²) in [6.45, 7) is 6.55. The molecule has 0 bridgehead atoms. The molecule has 2 aliphatic rings. The molecule has 0 unspecified atom stereocenters. The molecule has 0 saturated carbocycles. The van der Waals surface area contributed by atoms with Gasteiger partial charge in [0.2, 0.25) is 10.0 Å². The fraction of sp³-hybridized carbons (Fsp3) is 0.464. The highest BCUT2D eigenvalue weighted by Gasteiger charge is 2.26. The van der Waals surface area contributed by atoms with Crippen LogP contribution in [0.2, 0.25) is 0 Å². The predicted molar refractivity (Wildman–Crippen MR) is 150 cm³/mol. The van der Waals surface area contributed by atoms with Crippen LogP contribution < -0.4 is 9.54 Å². The van der Waals surface area contributed by atoms with Gasteiger partial charge in [0.25, 0.3) is 0 Å². The number of benzene rings is 2. The molecule has 1 aromatic heterocycles. The summed E-state index contributed by atoms with van der Waals surface area (Å²) < 4.78 is 40.9. The van der Waals surface area contributed by atoms with E-state index in [4.69, 9.17) is 14.5 Å². The molecule has 38 heavy (non-hydrogen) atoms. The lowest BCUT2D eigenvalue weighted by atomic mass is 10.1. The van der Waals surface area contributed by atoms with Crippen LogP contribution in [-0.2, 0) is 21.3 Å². The van der Waals surface area contributed by atoms with Gasteiger partial charge in [-0.1, -0.05) is 18.6 Å². The number of morpholine rings is 1. The molecule has 10 heteroatoms. The van der Waals surface area contributed by atoms with Gasteiger partial charge in [0.1, 0.15) is 5.75 Å². The maximum absolute atomic E-state index is 13.1. The normalized spacial score (nSPS) is 18.1. The summed E-state index contributed by atoms with van der Waals surface area (Å²) in [7, 11) is -1.80. The topological polar surface area (TPSA) is 76.4 Å². The fourth-order valence-corrected chi connectivity index (χ4v) is 7.43. The lowest BCUT2D eigenvalue weighted by Crippen LogP contribution is -2.37. The number of rotatable bonds is 9. The Kier molecular flexibility index (Phi) is 8.96. The van der Waals surface area contributed by atoms with Crippen molar-refractivity contribution >= 4 is 27.0 Å². The molecule has 2 aromatic carbocycles. The minimum Gasteiger partial charge on any atom is -0.497 e. The quantitative estimate of drug-likeness (QED) is 0.392. The summed E-state index contributed by atoms with van der Waals surface area (Å²) >= 11 is 1.60. The third-order valence-electron chi connectivity index (χ3n) is 7.16. The van der Waals surface area contributed by atoms with E-state index in [0.29, 0.717) is 18.0 Å². The monoisotopic (exact) mass is 556 g/mol. The first kappa shape index (κ1) is 27.1. The number of sulfonamides is 1. The first-order chi connectivity index (χ1) is 18.5. The van der Waals surface area contributed by atoms with E-state index >= 15 is 0 Å². The SMILES string of the molecule is COc1ccc(N=c2scc(-c3ccc(S(=O)(=O)N4CCCCC4)cc3)n2CCCN2CCOCC2)cc1. The van der Waals surface area contributed by atoms with Crippen molar-refractivity contribution < 1.29 is 17.9 Å². The van der Waals surface area contributed by atoms with Gasteiger partial charge in [0.15, 0.2) is 4.80 Å². The van der Waals surface area contributed by atoms with Crippen molar-refractivity contribution in [3.63, 3.8) is 0 Å². The Labute approximate surface area is 229 Å². The van der Waals surface area contributed by atoms with Gasteiger partial charge in [-0.2, -0.15) is 4.31 Å². The van der Waals surface area contributed by atoms with E-state index in [0.717, 1.165) is 92.6 Å². The zero-order valence-corrected chi connectivity index (χ0v) is 23.6. The third kappa shape index (κ3) is 6.38. The van der Waals surface area contributed by atoms with Crippen LogP contribution in [0.15, 0.2) is 63.8 Å². The van der Waals surface area contributed by atoms with Gasteiger partial charge in [0, 0.05) is 44.6 Å². The van der Waals surface area contributed by atoms with Gasteiger partial charge >= 0.3 is 0 Å². The zero-order valence-electron chi connectivity index (χ0n) is 21.9. The average molecular weight is 557 g/mol. The highest BCUT2D eigenvalue weighted by Crippen LogP contribution is 2.26. The summed E-state index contributed by atoms with van der Waals surface area (Å²) in [6.07, 6.45) is 3.94. The molecule has 0 N–H and O–H groups in total. The third-order valence-corrected chi connectivity index (χ3v) is 9.93. The van der Waals surface area contributed by atoms with Crippen molar-refractivity contribution in [3.8, 4) is 17.0 Å². The van der Waals surface area contributed by atoms with Crippen LogP contribution in [0.1, 0.15) is 25.7 Å². The number of aromatic nitrogens is 1. The molecule has 3 aromatic rings. The van der Waals surface area contributed by atoms with Crippen LogP contribution in [0.5, 0.6) is 5.75 Å². The van der Waals surface area contributed by atoms with Gasteiger partial charge in [-0.3, -0.25) is 4.90 Å². The molecule has 2 aliphatic heterocycles. The Balaban J connectivity index is 1.42. The highest BCUT2D eigenvalue weighted by atomic mass is 32.2. The van der Waals surface area contributed by atoms with E-state index in [9.17, 15) is 8.42 Å². The van der Waals surface area contributed by atoms with Crippen LogP contribution >= 0.6 is 11.3 Å². The smallest absolute Gasteiger partial charge is 0.243 e. The number of nitrogens with zero attached hydrogens (tertiary/aromatic N) is 4. The van der Waals surface area contributed by atoms with E-state index in [1.807, 2.05) is 36.4 Å². The Bertz CT molecular complexity index is 1350. The number of ether oxygens (including phenoxy) is 2. The molecule has 5 rings (SSSR count). The van der Waals surface area contributed by atoms with Crippen LogP contribution in [0.4, 0.5) is 5.69 Å². The van der Waals surface area contributed by atoms with E-state index < -0.39 is 10.0 Å². The van der Waals surface area contributed by atoms with Gasteiger partial charge in [-0.25, -0.2) is 13.4 Å². The number of hydrogen-bond donors (Lipinski definition) is 0. The molecule has 2 saturated heterocycles. The fourth-order valence-electron chi connectivity index (χ4n) is 4.96. The summed E-state index contributed by atoms with van der Waals surface area (Å²) in [6, 6.07) is 15.1. The minimum atomic E-state index is -3.45. The predicted octanol–water partition coefficient (Wildman–Crippen LogP) is 4.35. The molecule has 3 heterocycles. The van der Waals surface area contributed by atoms with Crippen molar-refractivity contribution in [1.82, 2.24) is 13.8 Å².